The largest absolute Gasteiger partial charge is 0.394 e. The Kier molecular flexibility index (Phi) is 5.39. The second-order valence-corrected chi connectivity index (χ2v) is 6.30. The fraction of sp³-hybridized carbons (Fsp3) is 0.750. The van der Waals surface area contributed by atoms with E-state index in [2.05, 4.69) is 34.4 Å². The van der Waals surface area contributed by atoms with Crippen molar-refractivity contribution in [1.29, 1.82) is 0 Å². The summed E-state index contributed by atoms with van der Waals surface area (Å²) in [6.07, 6.45) is 6.18. The summed E-state index contributed by atoms with van der Waals surface area (Å²) in [5.41, 5.74) is -0.227. The molecule has 0 radical (unpaired) electrons. The van der Waals surface area contributed by atoms with Crippen LogP contribution in [0.4, 0.5) is 11.6 Å². The Hall–Kier alpha value is -1.36. The van der Waals surface area contributed by atoms with E-state index in [1.165, 1.54) is 0 Å². The number of aromatic nitrogens is 2. The highest BCUT2D eigenvalue weighted by Gasteiger charge is 2.34. The molecule has 1 aromatic heterocycles. The van der Waals surface area contributed by atoms with Gasteiger partial charge in [0, 0.05) is 19.5 Å². The fourth-order valence-electron chi connectivity index (χ4n) is 2.93. The first-order valence-electron chi connectivity index (χ1n) is 8.05. The number of nitrogens with zero attached hydrogens (tertiary/aromatic N) is 2. The van der Waals surface area contributed by atoms with E-state index in [1.807, 2.05) is 13.1 Å². The Morgan fingerprint density at radius 1 is 1.29 bits per heavy atom. The third-order valence-electron chi connectivity index (χ3n) is 4.43. The molecule has 0 atom stereocenters. The summed E-state index contributed by atoms with van der Waals surface area (Å²) in [7, 11) is 1.87. The number of aliphatic hydroxyl groups excluding tert-OH is 1. The minimum Gasteiger partial charge on any atom is -0.394 e. The van der Waals surface area contributed by atoms with Gasteiger partial charge in [-0.2, -0.15) is 0 Å². The Morgan fingerprint density at radius 2 is 1.95 bits per heavy atom. The molecular formula is C16H28N4O. The SMILES string of the molecule is CCCc1nc(NC)cc(NC2(CO)CCC(C)CC2)n1. The molecule has 0 saturated heterocycles. The zero-order valence-corrected chi connectivity index (χ0v) is 13.4. The van der Waals surface area contributed by atoms with Crippen LogP contribution in [-0.4, -0.2) is 34.3 Å². The van der Waals surface area contributed by atoms with Crippen LogP contribution in [0.3, 0.4) is 0 Å². The molecule has 0 aromatic carbocycles. The quantitative estimate of drug-likeness (QED) is 0.752. The summed E-state index contributed by atoms with van der Waals surface area (Å²) < 4.78 is 0. The Labute approximate surface area is 127 Å². The minimum atomic E-state index is -0.227. The molecule has 5 heteroatoms. The first kappa shape index (κ1) is 16.0. The molecule has 2 rings (SSSR count). The highest BCUT2D eigenvalue weighted by atomic mass is 16.3. The Bertz CT molecular complexity index is 456. The van der Waals surface area contributed by atoms with Crippen LogP contribution in [0.25, 0.3) is 0 Å². The molecule has 1 heterocycles. The van der Waals surface area contributed by atoms with Crippen LogP contribution in [0, 0.1) is 5.92 Å². The number of anilines is 2. The summed E-state index contributed by atoms with van der Waals surface area (Å²) >= 11 is 0. The third kappa shape index (κ3) is 4.06. The number of hydrogen-bond donors (Lipinski definition) is 3. The van der Waals surface area contributed by atoms with E-state index in [-0.39, 0.29) is 12.1 Å². The van der Waals surface area contributed by atoms with E-state index in [0.717, 1.165) is 61.9 Å². The first-order chi connectivity index (χ1) is 10.1. The smallest absolute Gasteiger partial charge is 0.133 e. The molecule has 21 heavy (non-hydrogen) atoms. The van der Waals surface area contributed by atoms with Crippen molar-refractivity contribution in [2.45, 2.75) is 57.9 Å². The van der Waals surface area contributed by atoms with Crippen LogP contribution in [-0.2, 0) is 6.42 Å². The van der Waals surface area contributed by atoms with Gasteiger partial charge in [-0.15, -0.1) is 0 Å². The van der Waals surface area contributed by atoms with Gasteiger partial charge in [0.15, 0.2) is 0 Å². The van der Waals surface area contributed by atoms with Crippen molar-refractivity contribution >= 4 is 11.6 Å². The van der Waals surface area contributed by atoms with Crippen molar-refractivity contribution in [2.75, 3.05) is 24.3 Å². The molecule has 1 aromatic rings. The highest BCUT2D eigenvalue weighted by Crippen LogP contribution is 2.34. The molecule has 118 valence electrons. The van der Waals surface area contributed by atoms with Crippen LogP contribution in [0.5, 0.6) is 0 Å². The van der Waals surface area contributed by atoms with Crippen LogP contribution in [0.1, 0.15) is 51.8 Å². The van der Waals surface area contributed by atoms with Gasteiger partial charge in [-0.3, -0.25) is 0 Å². The average Bonchev–Trinajstić information content (AvgIpc) is 2.50. The molecule has 5 nitrogen and oxygen atoms in total. The van der Waals surface area contributed by atoms with Crippen molar-refractivity contribution in [3.8, 4) is 0 Å². The van der Waals surface area contributed by atoms with Crippen molar-refractivity contribution in [1.82, 2.24) is 9.97 Å². The molecular weight excluding hydrogens is 264 g/mol. The molecule has 1 saturated carbocycles. The van der Waals surface area contributed by atoms with Crippen molar-refractivity contribution in [3.05, 3.63) is 11.9 Å². The van der Waals surface area contributed by atoms with Crippen LogP contribution in [0.15, 0.2) is 6.07 Å². The number of nitrogens with one attached hydrogen (secondary N) is 2. The van der Waals surface area contributed by atoms with Gasteiger partial charge in [0.05, 0.1) is 12.1 Å². The van der Waals surface area contributed by atoms with E-state index >= 15 is 0 Å². The number of rotatable bonds is 6. The van der Waals surface area contributed by atoms with E-state index in [1.54, 1.807) is 0 Å². The van der Waals surface area contributed by atoms with Gasteiger partial charge in [-0.25, -0.2) is 9.97 Å². The maximum atomic E-state index is 9.87. The molecule has 0 amide bonds. The van der Waals surface area contributed by atoms with Gasteiger partial charge in [-0.1, -0.05) is 13.8 Å². The van der Waals surface area contributed by atoms with Crippen LogP contribution < -0.4 is 10.6 Å². The lowest BCUT2D eigenvalue weighted by molar-refractivity contribution is 0.155. The molecule has 1 aliphatic rings. The van der Waals surface area contributed by atoms with Gasteiger partial charge >= 0.3 is 0 Å². The van der Waals surface area contributed by atoms with Gasteiger partial charge < -0.3 is 15.7 Å². The molecule has 1 aliphatic carbocycles. The summed E-state index contributed by atoms with van der Waals surface area (Å²) in [5.74, 6) is 3.25. The number of aryl methyl sites for hydroxylation is 1. The highest BCUT2D eigenvalue weighted by molar-refractivity contribution is 5.49. The van der Waals surface area contributed by atoms with E-state index in [4.69, 9.17) is 0 Å². The molecule has 1 fully saturated rings. The number of hydrogen-bond acceptors (Lipinski definition) is 5. The van der Waals surface area contributed by atoms with Crippen LogP contribution >= 0.6 is 0 Å². The second-order valence-electron chi connectivity index (χ2n) is 6.30. The zero-order valence-electron chi connectivity index (χ0n) is 13.4. The minimum absolute atomic E-state index is 0.154. The summed E-state index contributed by atoms with van der Waals surface area (Å²) in [6.45, 7) is 4.56. The van der Waals surface area contributed by atoms with Crippen molar-refractivity contribution < 1.29 is 5.11 Å². The molecule has 0 aliphatic heterocycles. The Balaban J connectivity index is 2.18. The van der Waals surface area contributed by atoms with E-state index < -0.39 is 0 Å². The average molecular weight is 292 g/mol. The zero-order chi connectivity index (χ0) is 15.3. The topological polar surface area (TPSA) is 70.1 Å². The van der Waals surface area contributed by atoms with Gasteiger partial charge in [0.2, 0.25) is 0 Å². The van der Waals surface area contributed by atoms with Gasteiger partial charge in [0.25, 0.3) is 0 Å². The molecule has 0 bridgehead atoms. The summed E-state index contributed by atoms with van der Waals surface area (Å²) in [4.78, 5) is 9.07. The normalized spacial score (nSPS) is 25.6. The van der Waals surface area contributed by atoms with Crippen molar-refractivity contribution in [2.24, 2.45) is 5.92 Å². The molecule has 3 N–H and O–H groups in total. The van der Waals surface area contributed by atoms with E-state index in [0.29, 0.717) is 0 Å². The van der Waals surface area contributed by atoms with Gasteiger partial charge in [-0.05, 0) is 38.0 Å². The second kappa shape index (κ2) is 7.07. The molecule has 0 unspecified atom stereocenters. The van der Waals surface area contributed by atoms with Crippen LogP contribution in [0.2, 0.25) is 0 Å². The maximum absolute atomic E-state index is 9.87. The lowest BCUT2D eigenvalue weighted by Gasteiger charge is -2.39. The van der Waals surface area contributed by atoms with E-state index in [9.17, 15) is 5.11 Å². The first-order valence-corrected chi connectivity index (χ1v) is 8.05. The fourth-order valence-corrected chi connectivity index (χ4v) is 2.93. The standard InChI is InChI=1S/C16H28N4O/c1-4-5-13-18-14(17-3)10-15(19-13)20-16(11-21)8-6-12(2)7-9-16/h10,12,21H,4-9,11H2,1-3H3,(H2,17,18,19,20). The summed E-state index contributed by atoms with van der Waals surface area (Å²) in [5, 5.41) is 16.5. The lowest BCUT2D eigenvalue weighted by atomic mass is 9.77. The van der Waals surface area contributed by atoms with Gasteiger partial charge in [0.1, 0.15) is 17.5 Å². The monoisotopic (exact) mass is 292 g/mol. The summed E-state index contributed by atoms with van der Waals surface area (Å²) in [6, 6.07) is 1.93. The maximum Gasteiger partial charge on any atom is 0.133 e. The predicted octanol–water partition coefficient (Wildman–Crippen LogP) is 2.82. The third-order valence-corrected chi connectivity index (χ3v) is 4.43. The Morgan fingerprint density at radius 3 is 2.52 bits per heavy atom. The molecule has 0 spiro atoms. The lowest BCUT2D eigenvalue weighted by Crippen LogP contribution is -2.45. The van der Waals surface area contributed by atoms with Crippen molar-refractivity contribution in [3.63, 3.8) is 0 Å². The number of aliphatic hydroxyl groups is 1. The predicted molar refractivity (Wildman–Crippen MR) is 86.6 cm³/mol.